The number of anilines is 1. The van der Waals surface area contributed by atoms with Crippen LogP contribution in [0.25, 0.3) is 21.9 Å². The maximum Gasteiger partial charge on any atom is 0.271 e. The number of fused-ring (bicyclic) bond motifs is 2. The van der Waals surface area contributed by atoms with Gasteiger partial charge in [-0.2, -0.15) is 0 Å². The molecule has 8 heteroatoms. The molecule has 2 N–H and O–H groups in total. The molecule has 0 aliphatic heterocycles. The summed E-state index contributed by atoms with van der Waals surface area (Å²) >= 11 is 4.22. The molecule has 2 aromatic carbocycles. The first kappa shape index (κ1) is 17.0. The number of furan rings is 2. The van der Waals surface area contributed by atoms with Gasteiger partial charge < -0.3 is 14.6 Å². The minimum absolute atomic E-state index is 0.0956. The smallest absolute Gasteiger partial charge is 0.271 e. The average molecular weight is 548 g/mol. The highest BCUT2D eigenvalue weighted by Gasteiger charge is 2.11. The van der Waals surface area contributed by atoms with Crippen LogP contribution in [0.3, 0.4) is 0 Å². The zero-order valence-corrected chi connectivity index (χ0v) is 16.3. The Bertz CT molecular complexity index is 1040. The third-order valence-corrected chi connectivity index (χ3v) is 4.83. The Kier molecular flexibility index (Phi) is 4.94. The van der Waals surface area contributed by atoms with Gasteiger partial charge in [0.15, 0.2) is 0 Å². The van der Waals surface area contributed by atoms with E-state index < -0.39 is 4.92 Å². The molecule has 0 unspecified atom stereocenters. The molecule has 0 bridgehead atoms. The summed E-state index contributed by atoms with van der Waals surface area (Å²) in [7, 11) is 0. The second-order valence-corrected chi connectivity index (χ2v) is 7.19. The van der Waals surface area contributed by atoms with Crippen molar-refractivity contribution in [3.05, 3.63) is 66.2 Å². The van der Waals surface area contributed by atoms with E-state index in [1.807, 2.05) is 40.8 Å². The molecule has 122 valence electrons. The number of hydrogen-bond acceptors (Lipinski definition) is 5. The molecule has 2 aromatic heterocycles. The predicted octanol–water partition coefficient (Wildman–Crippen LogP) is 5.57. The Morgan fingerprint density at radius 3 is 2.04 bits per heavy atom. The summed E-state index contributed by atoms with van der Waals surface area (Å²) in [5, 5.41) is 12.3. The van der Waals surface area contributed by atoms with Gasteiger partial charge >= 0.3 is 0 Å². The van der Waals surface area contributed by atoms with Crippen molar-refractivity contribution in [1.82, 2.24) is 0 Å². The Balaban J connectivity index is 0.000000143. The Morgan fingerprint density at radius 2 is 1.46 bits per heavy atom. The van der Waals surface area contributed by atoms with Crippen LogP contribution in [0, 0.1) is 17.3 Å². The third kappa shape index (κ3) is 3.48. The first-order chi connectivity index (χ1) is 11.5. The molecule has 0 fully saturated rings. The minimum Gasteiger partial charge on any atom is -0.463 e. The SMILES string of the molecule is Nc1cc(I)c2occc2c1.O=[N+]([O-])c1cc(I)c2occc2c1. The lowest BCUT2D eigenvalue weighted by Crippen LogP contribution is -1.88. The molecule has 0 spiro atoms. The lowest BCUT2D eigenvalue weighted by atomic mass is 10.2. The normalized spacial score (nSPS) is 10.6. The lowest BCUT2D eigenvalue weighted by molar-refractivity contribution is -0.384. The number of nitro groups is 1. The van der Waals surface area contributed by atoms with E-state index in [4.69, 9.17) is 14.6 Å². The molecule has 4 rings (SSSR count). The molecule has 0 atom stereocenters. The second-order valence-electron chi connectivity index (χ2n) is 4.87. The van der Waals surface area contributed by atoms with Crippen LogP contribution >= 0.6 is 45.2 Å². The van der Waals surface area contributed by atoms with E-state index in [-0.39, 0.29) is 5.69 Å². The molecule has 0 radical (unpaired) electrons. The van der Waals surface area contributed by atoms with Crippen molar-refractivity contribution in [1.29, 1.82) is 0 Å². The van der Waals surface area contributed by atoms with Gasteiger partial charge in [0.2, 0.25) is 0 Å². The van der Waals surface area contributed by atoms with E-state index in [0.717, 1.165) is 29.2 Å². The van der Waals surface area contributed by atoms with Crippen molar-refractivity contribution in [2.75, 3.05) is 5.73 Å². The predicted molar refractivity (Wildman–Crippen MR) is 109 cm³/mol. The van der Waals surface area contributed by atoms with Gasteiger partial charge in [-0.15, -0.1) is 0 Å². The topological polar surface area (TPSA) is 95.4 Å². The summed E-state index contributed by atoms with van der Waals surface area (Å²) in [6.45, 7) is 0. The monoisotopic (exact) mass is 548 g/mol. The fraction of sp³-hybridized carbons (Fsp3) is 0. The molecule has 0 saturated carbocycles. The molecular formula is C16H10I2N2O4. The van der Waals surface area contributed by atoms with Gasteiger partial charge in [-0.25, -0.2) is 0 Å². The number of non-ortho nitro benzene ring substituents is 1. The molecular weight excluding hydrogens is 538 g/mol. The second kappa shape index (κ2) is 6.97. The van der Waals surface area contributed by atoms with Gasteiger partial charge in [0.25, 0.3) is 5.69 Å². The number of rotatable bonds is 1. The van der Waals surface area contributed by atoms with Crippen molar-refractivity contribution in [3.8, 4) is 0 Å². The van der Waals surface area contributed by atoms with Crippen LogP contribution in [-0.2, 0) is 0 Å². The molecule has 6 nitrogen and oxygen atoms in total. The molecule has 0 amide bonds. The van der Waals surface area contributed by atoms with E-state index in [9.17, 15) is 10.1 Å². The van der Waals surface area contributed by atoms with Gasteiger partial charge in [0, 0.05) is 28.6 Å². The zero-order valence-electron chi connectivity index (χ0n) is 12.0. The molecule has 2 heterocycles. The first-order valence-corrected chi connectivity index (χ1v) is 8.85. The molecule has 4 aromatic rings. The van der Waals surface area contributed by atoms with Crippen LogP contribution in [0.4, 0.5) is 11.4 Å². The summed E-state index contributed by atoms with van der Waals surface area (Å²) in [5.41, 5.74) is 8.13. The lowest BCUT2D eigenvalue weighted by Gasteiger charge is -1.94. The first-order valence-electron chi connectivity index (χ1n) is 6.69. The van der Waals surface area contributed by atoms with Gasteiger partial charge in [0.1, 0.15) is 11.2 Å². The summed E-state index contributed by atoms with van der Waals surface area (Å²) in [4.78, 5) is 10.1. The van der Waals surface area contributed by atoms with Crippen LogP contribution in [0.1, 0.15) is 0 Å². The van der Waals surface area contributed by atoms with Crippen LogP contribution in [0.15, 0.2) is 57.8 Å². The average Bonchev–Trinajstić information content (AvgIpc) is 3.16. The van der Waals surface area contributed by atoms with Gasteiger partial charge in [-0.3, -0.25) is 10.1 Å². The summed E-state index contributed by atoms with van der Waals surface area (Å²) in [6.07, 6.45) is 3.20. The zero-order chi connectivity index (χ0) is 17.3. The Labute approximate surface area is 163 Å². The highest BCUT2D eigenvalue weighted by molar-refractivity contribution is 14.1. The number of nitrogens with zero attached hydrogens (tertiary/aromatic N) is 1. The van der Waals surface area contributed by atoms with Crippen LogP contribution in [0.5, 0.6) is 0 Å². The summed E-state index contributed by atoms with van der Waals surface area (Å²) < 4.78 is 12.2. The molecule has 0 aliphatic carbocycles. The molecule has 0 saturated heterocycles. The summed E-state index contributed by atoms with van der Waals surface area (Å²) in [5.74, 6) is 0. The fourth-order valence-corrected chi connectivity index (χ4v) is 3.74. The highest BCUT2D eigenvalue weighted by atomic mass is 127. The highest BCUT2D eigenvalue weighted by Crippen LogP contribution is 2.27. The van der Waals surface area contributed by atoms with E-state index >= 15 is 0 Å². The van der Waals surface area contributed by atoms with Gasteiger partial charge in [-0.05, 0) is 69.4 Å². The minimum atomic E-state index is -0.408. The maximum absolute atomic E-state index is 10.5. The maximum atomic E-state index is 10.5. The number of hydrogen-bond donors (Lipinski definition) is 1. The molecule has 24 heavy (non-hydrogen) atoms. The standard InChI is InChI=1S/C8H4INO3.C8H6INO/c9-7-4-6(10(11)12)3-5-1-2-13-8(5)7;9-7-4-6(10)3-5-1-2-11-8(5)7/h1-4H;1-4H,10H2. The summed E-state index contributed by atoms with van der Waals surface area (Å²) in [6, 6.07) is 10.4. The fourth-order valence-electron chi connectivity index (χ4n) is 2.19. The third-order valence-electron chi connectivity index (χ3n) is 3.23. The van der Waals surface area contributed by atoms with Crippen molar-refractivity contribution in [3.63, 3.8) is 0 Å². The van der Waals surface area contributed by atoms with E-state index in [2.05, 4.69) is 22.6 Å². The van der Waals surface area contributed by atoms with Gasteiger partial charge in [0.05, 0.1) is 24.6 Å². The van der Waals surface area contributed by atoms with Crippen molar-refractivity contribution < 1.29 is 13.8 Å². The Morgan fingerprint density at radius 1 is 0.917 bits per heavy atom. The number of halogens is 2. The quantitative estimate of drug-likeness (QED) is 0.146. The number of nitro benzene ring substituents is 1. The van der Waals surface area contributed by atoms with Crippen molar-refractivity contribution >= 4 is 78.5 Å². The van der Waals surface area contributed by atoms with E-state index in [1.54, 1.807) is 12.3 Å². The largest absolute Gasteiger partial charge is 0.463 e. The number of nitrogens with two attached hydrogens (primary N) is 1. The van der Waals surface area contributed by atoms with Crippen LogP contribution in [-0.4, -0.2) is 4.92 Å². The van der Waals surface area contributed by atoms with Crippen molar-refractivity contribution in [2.45, 2.75) is 0 Å². The van der Waals surface area contributed by atoms with Crippen LogP contribution in [0.2, 0.25) is 0 Å². The van der Waals surface area contributed by atoms with Crippen molar-refractivity contribution in [2.24, 2.45) is 0 Å². The van der Waals surface area contributed by atoms with E-state index in [0.29, 0.717) is 5.58 Å². The van der Waals surface area contributed by atoms with E-state index in [1.165, 1.54) is 18.4 Å². The molecule has 0 aliphatic rings. The Hall–Kier alpha value is -1.82. The number of benzene rings is 2. The van der Waals surface area contributed by atoms with Crippen LogP contribution < -0.4 is 5.73 Å². The number of nitrogen functional groups attached to an aromatic ring is 1. The van der Waals surface area contributed by atoms with Gasteiger partial charge in [-0.1, -0.05) is 0 Å².